The fourth-order valence-corrected chi connectivity index (χ4v) is 4.04. The van der Waals surface area contributed by atoms with Crippen LogP contribution in [0.15, 0.2) is 5.10 Å². The van der Waals surface area contributed by atoms with Crippen molar-refractivity contribution in [1.82, 2.24) is 5.43 Å². The molecule has 0 aromatic heterocycles. The van der Waals surface area contributed by atoms with Crippen LogP contribution in [0, 0.1) is 5.92 Å². The van der Waals surface area contributed by atoms with Crippen molar-refractivity contribution in [3.63, 3.8) is 0 Å². The van der Waals surface area contributed by atoms with Gasteiger partial charge in [0.1, 0.15) is 0 Å². The number of nitrogens with zero attached hydrogens (tertiary/aromatic N) is 1. The highest BCUT2D eigenvalue weighted by Gasteiger charge is 2.32. The maximum absolute atomic E-state index is 11.7. The average Bonchev–Trinajstić information content (AvgIpc) is 2.68. The van der Waals surface area contributed by atoms with Crippen molar-refractivity contribution in [2.75, 3.05) is 11.5 Å². The van der Waals surface area contributed by atoms with Crippen LogP contribution in [0.2, 0.25) is 0 Å². The van der Waals surface area contributed by atoms with Crippen molar-refractivity contribution in [3.8, 4) is 0 Å². The van der Waals surface area contributed by atoms with Crippen LogP contribution in [0.3, 0.4) is 0 Å². The number of amides is 1. The van der Waals surface area contributed by atoms with Crippen molar-refractivity contribution < 1.29 is 13.2 Å². The summed E-state index contributed by atoms with van der Waals surface area (Å²) in [7, 11) is -2.99. The van der Waals surface area contributed by atoms with Crippen LogP contribution in [-0.4, -0.2) is 31.5 Å². The SMILES string of the molecule is O=C(NN=C1CCCCC1)[C@@H]1CCS(=O)(=O)C1. The highest BCUT2D eigenvalue weighted by Crippen LogP contribution is 2.18. The van der Waals surface area contributed by atoms with E-state index in [4.69, 9.17) is 0 Å². The van der Waals surface area contributed by atoms with Gasteiger partial charge in [-0.2, -0.15) is 5.10 Å². The summed E-state index contributed by atoms with van der Waals surface area (Å²) in [4.78, 5) is 11.7. The standard InChI is InChI=1S/C11H18N2O3S/c14-11(9-6-7-17(15,16)8-9)13-12-10-4-2-1-3-5-10/h9H,1-8H2,(H,13,14)/t9-/m1/s1. The number of hydrazone groups is 1. The van der Waals surface area contributed by atoms with Crippen LogP contribution in [0.25, 0.3) is 0 Å². The molecule has 5 nitrogen and oxygen atoms in total. The largest absolute Gasteiger partial charge is 0.273 e. The molecule has 1 N–H and O–H groups in total. The zero-order chi connectivity index (χ0) is 12.3. The lowest BCUT2D eigenvalue weighted by atomic mass is 9.99. The molecule has 0 bridgehead atoms. The van der Waals surface area contributed by atoms with E-state index >= 15 is 0 Å². The van der Waals surface area contributed by atoms with Gasteiger partial charge in [-0.3, -0.25) is 4.79 Å². The number of rotatable bonds is 2. The molecule has 2 fully saturated rings. The summed E-state index contributed by atoms with van der Waals surface area (Å²) in [5.41, 5.74) is 3.55. The Labute approximate surface area is 102 Å². The van der Waals surface area contributed by atoms with Crippen LogP contribution < -0.4 is 5.43 Å². The first kappa shape index (κ1) is 12.5. The lowest BCUT2D eigenvalue weighted by Crippen LogP contribution is -2.28. The van der Waals surface area contributed by atoms with Crippen LogP contribution in [0.4, 0.5) is 0 Å². The Hall–Kier alpha value is -0.910. The predicted octanol–water partition coefficient (Wildman–Crippen LogP) is 0.857. The van der Waals surface area contributed by atoms with E-state index in [0.29, 0.717) is 6.42 Å². The molecule has 17 heavy (non-hydrogen) atoms. The number of hydrogen-bond acceptors (Lipinski definition) is 4. The molecule has 1 saturated carbocycles. The van der Waals surface area contributed by atoms with Gasteiger partial charge in [-0.05, 0) is 32.1 Å². The molecule has 1 aliphatic heterocycles. The molecule has 1 heterocycles. The second kappa shape index (κ2) is 5.16. The third-order valence-corrected chi connectivity index (χ3v) is 5.13. The maximum atomic E-state index is 11.7. The highest BCUT2D eigenvalue weighted by molar-refractivity contribution is 7.91. The van der Waals surface area contributed by atoms with E-state index < -0.39 is 15.8 Å². The van der Waals surface area contributed by atoms with E-state index in [9.17, 15) is 13.2 Å². The van der Waals surface area contributed by atoms with Gasteiger partial charge in [0, 0.05) is 5.71 Å². The van der Waals surface area contributed by atoms with Gasteiger partial charge in [-0.25, -0.2) is 13.8 Å². The van der Waals surface area contributed by atoms with Crippen molar-refractivity contribution in [3.05, 3.63) is 0 Å². The summed E-state index contributed by atoms with van der Waals surface area (Å²) >= 11 is 0. The smallest absolute Gasteiger partial charge is 0.244 e. The number of carbonyl (C=O) groups excluding carboxylic acids is 1. The Morgan fingerprint density at radius 2 is 1.94 bits per heavy atom. The lowest BCUT2D eigenvalue weighted by molar-refractivity contribution is -0.124. The number of nitrogens with one attached hydrogen (secondary N) is 1. The average molecular weight is 258 g/mol. The molecule has 0 radical (unpaired) electrons. The molecular weight excluding hydrogens is 240 g/mol. The van der Waals surface area contributed by atoms with Gasteiger partial charge in [0.25, 0.3) is 0 Å². The summed E-state index contributed by atoms with van der Waals surface area (Å²) in [5.74, 6) is -0.553. The van der Waals surface area contributed by atoms with Crippen LogP contribution in [-0.2, 0) is 14.6 Å². The van der Waals surface area contributed by atoms with Crippen LogP contribution in [0.5, 0.6) is 0 Å². The summed E-state index contributed by atoms with van der Waals surface area (Å²) in [6, 6.07) is 0. The van der Waals surface area contributed by atoms with Crippen LogP contribution in [0.1, 0.15) is 38.5 Å². The van der Waals surface area contributed by atoms with E-state index in [-0.39, 0.29) is 17.4 Å². The Morgan fingerprint density at radius 3 is 2.53 bits per heavy atom. The van der Waals surface area contributed by atoms with E-state index in [1.165, 1.54) is 6.42 Å². The summed E-state index contributed by atoms with van der Waals surface area (Å²) in [6.07, 6.45) is 5.82. The first-order valence-electron chi connectivity index (χ1n) is 6.12. The molecular formula is C11H18N2O3S. The molecule has 1 atom stereocenters. The van der Waals surface area contributed by atoms with Crippen molar-refractivity contribution in [2.24, 2.45) is 11.0 Å². The first-order valence-corrected chi connectivity index (χ1v) is 7.95. The lowest BCUT2D eigenvalue weighted by Gasteiger charge is -2.12. The van der Waals surface area contributed by atoms with Crippen molar-refractivity contribution in [1.29, 1.82) is 0 Å². The van der Waals surface area contributed by atoms with E-state index in [1.54, 1.807) is 0 Å². The second-order valence-electron chi connectivity index (χ2n) is 4.81. The van der Waals surface area contributed by atoms with Gasteiger partial charge < -0.3 is 0 Å². The summed E-state index contributed by atoms with van der Waals surface area (Å²) in [6.45, 7) is 0. The molecule has 6 heteroatoms. The fourth-order valence-electron chi connectivity index (χ4n) is 2.30. The molecule has 96 valence electrons. The molecule has 1 aliphatic carbocycles. The zero-order valence-electron chi connectivity index (χ0n) is 9.81. The maximum Gasteiger partial charge on any atom is 0.244 e. The minimum Gasteiger partial charge on any atom is -0.273 e. The summed E-state index contributed by atoms with van der Waals surface area (Å²) < 4.78 is 22.5. The highest BCUT2D eigenvalue weighted by atomic mass is 32.2. The number of carbonyl (C=O) groups is 1. The van der Waals surface area contributed by atoms with Gasteiger partial charge in [0.05, 0.1) is 17.4 Å². The monoisotopic (exact) mass is 258 g/mol. The van der Waals surface area contributed by atoms with Crippen molar-refractivity contribution >= 4 is 21.5 Å². The van der Waals surface area contributed by atoms with Gasteiger partial charge in [0.15, 0.2) is 9.84 Å². The Morgan fingerprint density at radius 1 is 1.24 bits per heavy atom. The van der Waals surface area contributed by atoms with E-state index in [1.807, 2.05) is 0 Å². The van der Waals surface area contributed by atoms with E-state index in [2.05, 4.69) is 10.5 Å². The Bertz CT molecular complexity index is 420. The predicted molar refractivity (Wildman–Crippen MR) is 65.4 cm³/mol. The third-order valence-electron chi connectivity index (χ3n) is 3.36. The normalized spacial score (nSPS) is 27.8. The van der Waals surface area contributed by atoms with E-state index in [0.717, 1.165) is 31.4 Å². The molecule has 0 unspecified atom stereocenters. The quantitative estimate of drug-likeness (QED) is 0.746. The number of hydrogen-bond donors (Lipinski definition) is 1. The molecule has 1 saturated heterocycles. The van der Waals surface area contributed by atoms with Crippen molar-refractivity contribution in [2.45, 2.75) is 38.5 Å². The fraction of sp³-hybridized carbons (Fsp3) is 0.818. The van der Waals surface area contributed by atoms with Gasteiger partial charge >= 0.3 is 0 Å². The second-order valence-corrected chi connectivity index (χ2v) is 7.04. The van der Waals surface area contributed by atoms with Gasteiger partial charge in [0.2, 0.25) is 5.91 Å². The molecule has 2 rings (SSSR count). The minimum absolute atomic E-state index is 0.0241. The molecule has 1 amide bonds. The Balaban J connectivity index is 1.85. The molecule has 0 spiro atoms. The third kappa shape index (κ3) is 3.52. The topological polar surface area (TPSA) is 75.6 Å². The zero-order valence-corrected chi connectivity index (χ0v) is 10.6. The van der Waals surface area contributed by atoms with Crippen LogP contribution >= 0.6 is 0 Å². The number of sulfone groups is 1. The molecule has 0 aromatic carbocycles. The first-order chi connectivity index (χ1) is 8.07. The molecule has 0 aromatic rings. The minimum atomic E-state index is -2.99. The molecule has 2 aliphatic rings. The van der Waals surface area contributed by atoms with Gasteiger partial charge in [-0.1, -0.05) is 6.42 Å². The van der Waals surface area contributed by atoms with Gasteiger partial charge in [-0.15, -0.1) is 0 Å². The Kier molecular flexibility index (Phi) is 3.81. The summed E-state index contributed by atoms with van der Waals surface area (Å²) in [5, 5.41) is 4.10.